The van der Waals surface area contributed by atoms with Gasteiger partial charge >= 0.3 is 0 Å². The van der Waals surface area contributed by atoms with Gasteiger partial charge in [-0.05, 0) is 75.6 Å². The summed E-state index contributed by atoms with van der Waals surface area (Å²) in [6.45, 7) is 7.68. The molecule has 6 heteroatoms. The van der Waals surface area contributed by atoms with Gasteiger partial charge in [-0.15, -0.1) is 0 Å². The quantitative estimate of drug-likeness (QED) is 0.653. The van der Waals surface area contributed by atoms with E-state index in [0.717, 1.165) is 23.1 Å². The van der Waals surface area contributed by atoms with Crippen LogP contribution in [0, 0.1) is 13.8 Å². The monoisotopic (exact) mass is 407 g/mol. The van der Waals surface area contributed by atoms with Crippen molar-refractivity contribution in [3.05, 3.63) is 69.6 Å². The first-order valence-electron chi connectivity index (χ1n) is 10.1. The second-order valence-electron chi connectivity index (χ2n) is 7.71. The average molecular weight is 408 g/mol. The Morgan fingerprint density at radius 3 is 2.53 bits per heavy atom. The number of ether oxygens (including phenoxy) is 1. The SMILES string of the molecule is CCNC(=O)c1ccc(C)c(-n2cc(C)c3ccc(OCCN(C)C)cc3c2=O)c1. The fourth-order valence-electron chi connectivity index (χ4n) is 3.38. The van der Waals surface area contributed by atoms with Crippen molar-refractivity contribution in [1.82, 2.24) is 14.8 Å². The number of benzene rings is 2. The Hall–Kier alpha value is -3.12. The van der Waals surface area contributed by atoms with Crippen LogP contribution in [0.25, 0.3) is 16.5 Å². The molecule has 3 aromatic rings. The van der Waals surface area contributed by atoms with Crippen LogP contribution in [0.3, 0.4) is 0 Å². The molecule has 0 atom stereocenters. The summed E-state index contributed by atoms with van der Waals surface area (Å²) in [6.07, 6.45) is 1.83. The van der Waals surface area contributed by atoms with Crippen molar-refractivity contribution in [2.24, 2.45) is 0 Å². The van der Waals surface area contributed by atoms with Crippen LogP contribution in [0.1, 0.15) is 28.4 Å². The maximum atomic E-state index is 13.4. The molecule has 0 saturated heterocycles. The van der Waals surface area contributed by atoms with Crippen molar-refractivity contribution in [3.63, 3.8) is 0 Å². The van der Waals surface area contributed by atoms with Crippen molar-refractivity contribution in [2.45, 2.75) is 20.8 Å². The molecule has 2 aromatic carbocycles. The Kier molecular flexibility index (Phi) is 6.57. The molecule has 0 bridgehead atoms. The van der Waals surface area contributed by atoms with Crippen molar-refractivity contribution in [2.75, 3.05) is 33.8 Å². The first kappa shape index (κ1) is 21.6. The van der Waals surface area contributed by atoms with E-state index in [0.29, 0.717) is 35.5 Å². The van der Waals surface area contributed by atoms with Gasteiger partial charge in [0.2, 0.25) is 0 Å². The lowest BCUT2D eigenvalue weighted by Gasteiger charge is -2.15. The number of fused-ring (bicyclic) bond motifs is 1. The van der Waals surface area contributed by atoms with Gasteiger partial charge in [-0.25, -0.2) is 0 Å². The summed E-state index contributed by atoms with van der Waals surface area (Å²) in [5, 5.41) is 4.30. The fourth-order valence-corrected chi connectivity index (χ4v) is 3.38. The van der Waals surface area contributed by atoms with Crippen LogP contribution in [-0.2, 0) is 0 Å². The van der Waals surface area contributed by atoms with Crippen molar-refractivity contribution in [1.29, 1.82) is 0 Å². The van der Waals surface area contributed by atoms with Crippen LogP contribution in [-0.4, -0.2) is 49.2 Å². The fraction of sp³-hybridized carbons (Fsp3) is 0.333. The van der Waals surface area contributed by atoms with Crippen LogP contribution in [0.2, 0.25) is 0 Å². The number of nitrogens with zero attached hydrogens (tertiary/aromatic N) is 2. The summed E-state index contributed by atoms with van der Waals surface area (Å²) in [5.41, 5.74) is 3.00. The molecule has 158 valence electrons. The smallest absolute Gasteiger partial charge is 0.263 e. The molecule has 0 aliphatic carbocycles. The summed E-state index contributed by atoms with van der Waals surface area (Å²) in [7, 11) is 3.98. The molecule has 1 amide bonds. The van der Waals surface area contributed by atoms with E-state index in [1.54, 1.807) is 22.8 Å². The minimum atomic E-state index is -0.152. The largest absolute Gasteiger partial charge is 0.492 e. The van der Waals surface area contributed by atoms with E-state index in [-0.39, 0.29) is 11.5 Å². The van der Waals surface area contributed by atoms with Crippen LogP contribution in [0.15, 0.2) is 47.4 Å². The third kappa shape index (κ3) is 4.54. The molecule has 6 nitrogen and oxygen atoms in total. The van der Waals surface area contributed by atoms with Gasteiger partial charge in [-0.3, -0.25) is 14.2 Å². The van der Waals surface area contributed by atoms with Crippen molar-refractivity contribution >= 4 is 16.7 Å². The standard InChI is InChI=1S/C24H29N3O3/c1-6-25-23(28)18-8-7-16(2)22(13-18)27-15-17(3)20-10-9-19(14-21(20)24(27)29)30-12-11-26(4)5/h7-10,13-15H,6,11-12H2,1-5H3,(H,25,28). The number of aryl methyl sites for hydroxylation is 2. The van der Waals surface area contributed by atoms with Gasteiger partial charge in [0.25, 0.3) is 11.5 Å². The molecule has 0 saturated carbocycles. The number of rotatable bonds is 7. The van der Waals surface area contributed by atoms with E-state index in [1.807, 2.05) is 64.2 Å². The highest BCUT2D eigenvalue weighted by Gasteiger charge is 2.13. The number of likely N-dealkylation sites (N-methyl/N-ethyl adjacent to an activating group) is 1. The molecule has 1 heterocycles. The third-order valence-corrected chi connectivity index (χ3v) is 5.06. The zero-order chi connectivity index (χ0) is 21.8. The van der Waals surface area contributed by atoms with Gasteiger partial charge in [0.05, 0.1) is 11.1 Å². The van der Waals surface area contributed by atoms with E-state index >= 15 is 0 Å². The Labute approximate surface area is 177 Å². The van der Waals surface area contributed by atoms with Gasteiger partial charge in [-0.1, -0.05) is 12.1 Å². The number of aromatic nitrogens is 1. The molecular weight excluding hydrogens is 378 g/mol. The zero-order valence-electron chi connectivity index (χ0n) is 18.3. The first-order valence-corrected chi connectivity index (χ1v) is 10.1. The van der Waals surface area contributed by atoms with Crippen LogP contribution in [0.5, 0.6) is 5.75 Å². The lowest BCUT2D eigenvalue weighted by molar-refractivity contribution is 0.0956. The van der Waals surface area contributed by atoms with E-state index in [1.165, 1.54) is 0 Å². The highest BCUT2D eigenvalue weighted by Crippen LogP contribution is 2.23. The number of carbonyl (C=O) groups excluding carboxylic acids is 1. The second kappa shape index (κ2) is 9.13. The Bertz CT molecular complexity index is 1130. The summed E-state index contributed by atoms with van der Waals surface area (Å²) >= 11 is 0. The predicted octanol–water partition coefficient (Wildman–Crippen LogP) is 3.30. The molecule has 1 aromatic heterocycles. The van der Waals surface area contributed by atoms with Crippen LogP contribution >= 0.6 is 0 Å². The average Bonchev–Trinajstić information content (AvgIpc) is 2.71. The molecule has 30 heavy (non-hydrogen) atoms. The first-order chi connectivity index (χ1) is 14.3. The van der Waals surface area contributed by atoms with Gasteiger partial charge in [-0.2, -0.15) is 0 Å². The Morgan fingerprint density at radius 1 is 1.07 bits per heavy atom. The Balaban J connectivity index is 2.09. The number of hydrogen-bond donors (Lipinski definition) is 1. The number of nitrogens with one attached hydrogen (secondary N) is 1. The summed E-state index contributed by atoms with van der Waals surface area (Å²) in [6, 6.07) is 11.0. The molecule has 0 unspecified atom stereocenters. The summed E-state index contributed by atoms with van der Waals surface area (Å²) in [4.78, 5) is 27.7. The highest BCUT2D eigenvalue weighted by atomic mass is 16.5. The van der Waals surface area contributed by atoms with Crippen molar-refractivity contribution in [3.8, 4) is 11.4 Å². The van der Waals surface area contributed by atoms with Gasteiger partial charge < -0.3 is 15.0 Å². The van der Waals surface area contributed by atoms with Gasteiger partial charge in [0.15, 0.2) is 0 Å². The lowest BCUT2D eigenvalue weighted by Crippen LogP contribution is -2.24. The molecule has 0 spiro atoms. The maximum absolute atomic E-state index is 13.4. The molecular formula is C24H29N3O3. The lowest BCUT2D eigenvalue weighted by atomic mass is 10.1. The number of carbonyl (C=O) groups is 1. The third-order valence-electron chi connectivity index (χ3n) is 5.06. The Morgan fingerprint density at radius 2 is 1.83 bits per heavy atom. The van der Waals surface area contributed by atoms with Crippen LogP contribution < -0.4 is 15.6 Å². The summed E-state index contributed by atoms with van der Waals surface area (Å²) < 4.78 is 7.45. The predicted molar refractivity (Wildman–Crippen MR) is 121 cm³/mol. The summed E-state index contributed by atoms with van der Waals surface area (Å²) in [5.74, 6) is 0.521. The number of hydrogen-bond acceptors (Lipinski definition) is 4. The molecule has 3 rings (SSSR count). The number of pyridine rings is 1. The van der Waals surface area contributed by atoms with Crippen LogP contribution in [0.4, 0.5) is 0 Å². The zero-order valence-corrected chi connectivity index (χ0v) is 18.3. The second-order valence-corrected chi connectivity index (χ2v) is 7.71. The molecule has 0 radical (unpaired) electrons. The minimum absolute atomic E-state index is 0.134. The van der Waals surface area contributed by atoms with E-state index in [9.17, 15) is 9.59 Å². The topological polar surface area (TPSA) is 63.6 Å². The van der Waals surface area contributed by atoms with Gasteiger partial charge in [0, 0.05) is 24.8 Å². The molecule has 0 aliphatic rings. The van der Waals surface area contributed by atoms with E-state index in [4.69, 9.17) is 4.74 Å². The van der Waals surface area contributed by atoms with Crippen molar-refractivity contribution < 1.29 is 9.53 Å². The normalized spacial score (nSPS) is 11.1. The number of amides is 1. The minimum Gasteiger partial charge on any atom is -0.492 e. The maximum Gasteiger partial charge on any atom is 0.263 e. The molecule has 1 N–H and O–H groups in total. The van der Waals surface area contributed by atoms with E-state index in [2.05, 4.69) is 5.32 Å². The molecule has 0 fully saturated rings. The highest BCUT2D eigenvalue weighted by molar-refractivity contribution is 5.95. The van der Waals surface area contributed by atoms with Gasteiger partial charge in [0.1, 0.15) is 12.4 Å². The van der Waals surface area contributed by atoms with E-state index < -0.39 is 0 Å². The molecule has 0 aliphatic heterocycles.